The molecule has 0 bridgehead atoms. The molecule has 15 heavy (non-hydrogen) atoms. The van der Waals surface area contributed by atoms with E-state index in [1.807, 2.05) is 17.9 Å². The van der Waals surface area contributed by atoms with E-state index >= 15 is 0 Å². The Morgan fingerprint density at radius 1 is 1.73 bits per heavy atom. The van der Waals surface area contributed by atoms with Crippen LogP contribution in [0.5, 0.6) is 0 Å². The first-order valence-electron chi connectivity index (χ1n) is 5.35. The number of carboxylic acid groups (broad SMARTS) is 1. The van der Waals surface area contributed by atoms with Crippen molar-refractivity contribution in [2.24, 2.45) is 13.0 Å². The third-order valence-corrected chi connectivity index (χ3v) is 3.37. The molecule has 1 heterocycles. The Hall–Kier alpha value is -1.32. The lowest BCUT2D eigenvalue weighted by Crippen LogP contribution is -2.24. The van der Waals surface area contributed by atoms with Crippen molar-refractivity contribution in [1.29, 1.82) is 0 Å². The number of hydrogen-bond donors (Lipinski definition) is 1. The first-order chi connectivity index (χ1) is 7.11. The van der Waals surface area contributed by atoms with Crippen molar-refractivity contribution in [1.82, 2.24) is 9.78 Å². The Labute approximate surface area is 88.9 Å². The Morgan fingerprint density at radius 3 is 3.13 bits per heavy atom. The molecule has 0 amide bonds. The lowest BCUT2D eigenvalue weighted by atomic mass is 9.80. The second-order valence-corrected chi connectivity index (χ2v) is 4.30. The maximum atomic E-state index is 11.0. The van der Waals surface area contributed by atoms with Crippen molar-refractivity contribution in [2.45, 2.75) is 32.1 Å². The molecule has 0 aromatic carbocycles. The van der Waals surface area contributed by atoms with Crippen LogP contribution in [0.2, 0.25) is 0 Å². The van der Waals surface area contributed by atoms with E-state index in [1.165, 1.54) is 5.56 Å². The standard InChI is InChI=1S/C11H16N2O2/c1-7(11(14)15)9-5-3-4-8-6-12-13(2)10(8)9/h6-7,9H,3-5H2,1-2H3,(H,14,15). The summed E-state index contributed by atoms with van der Waals surface area (Å²) in [6.07, 6.45) is 4.93. The second-order valence-electron chi connectivity index (χ2n) is 4.30. The van der Waals surface area contributed by atoms with Gasteiger partial charge in [0.2, 0.25) is 0 Å². The number of aromatic nitrogens is 2. The summed E-state index contributed by atoms with van der Waals surface area (Å²) < 4.78 is 1.83. The molecule has 0 aliphatic heterocycles. The number of rotatable bonds is 2. The van der Waals surface area contributed by atoms with Gasteiger partial charge in [-0.15, -0.1) is 0 Å². The highest BCUT2D eigenvalue weighted by atomic mass is 16.4. The number of aliphatic carboxylic acids is 1. The fourth-order valence-electron chi connectivity index (χ4n) is 2.47. The number of aryl methyl sites for hydroxylation is 2. The second kappa shape index (κ2) is 3.68. The molecule has 0 saturated carbocycles. The molecule has 0 fully saturated rings. The molecule has 1 aromatic rings. The Morgan fingerprint density at radius 2 is 2.47 bits per heavy atom. The van der Waals surface area contributed by atoms with E-state index < -0.39 is 5.97 Å². The van der Waals surface area contributed by atoms with E-state index in [2.05, 4.69) is 5.10 Å². The van der Waals surface area contributed by atoms with Crippen molar-refractivity contribution in [3.63, 3.8) is 0 Å². The molecule has 1 aliphatic carbocycles. The van der Waals surface area contributed by atoms with Crippen molar-refractivity contribution in [2.75, 3.05) is 0 Å². The number of hydrogen-bond acceptors (Lipinski definition) is 2. The van der Waals surface area contributed by atoms with Gasteiger partial charge in [0.25, 0.3) is 0 Å². The van der Waals surface area contributed by atoms with Gasteiger partial charge in [0.05, 0.1) is 12.1 Å². The molecule has 2 unspecified atom stereocenters. The maximum Gasteiger partial charge on any atom is 0.306 e. The highest BCUT2D eigenvalue weighted by Crippen LogP contribution is 2.36. The summed E-state index contributed by atoms with van der Waals surface area (Å²) in [6.45, 7) is 1.79. The summed E-state index contributed by atoms with van der Waals surface area (Å²) in [5, 5.41) is 13.3. The zero-order chi connectivity index (χ0) is 11.0. The normalized spacial score (nSPS) is 22.1. The topological polar surface area (TPSA) is 55.1 Å². The predicted octanol–water partition coefficient (Wildman–Crippen LogP) is 1.56. The van der Waals surface area contributed by atoms with E-state index in [0.29, 0.717) is 0 Å². The fraction of sp³-hybridized carbons (Fsp3) is 0.636. The van der Waals surface area contributed by atoms with Crippen LogP contribution in [0.4, 0.5) is 0 Å². The molecule has 4 nitrogen and oxygen atoms in total. The van der Waals surface area contributed by atoms with Crippen LogP contribution in [0.25, 0.3) is 0 Å². The van der Waals surface area contributed by atoms with Crippen molar-refractivity contribution < 1.29 is 9.90 Å². The van der Waals surface area contributed by atoms with Gasteiger partial charge in [0, 0.05) is 18.7 Å². The van der Waals surface area contributed by atoms with Gasteiger partial charge in [0.1, 0.15) is 0 Å². The van der Waals surface area contributed by atoms with Crippen LogP contribution in [0.3, 0.4) is 0 Å². The Kier molecular flexibility index (Phi) is 2.50. The SMILES string of the molecule is CC(C(=O)O)C1CCCc2cnn(C)c21. The van der Waals surface area contributed by atoms with Gasteiger partial charge in [-0.05, 0) is 24.8 Å². The zero-order valence-electron chi connectivity index (χ0n) is 9.10. The monoisotopic (exact) mass is 208 g/mol. The van der Waals surface area contributed by atoms with E-state index in [9.17, 15) is 4.79 Å². The first-order valence-corrected chi connectivity index (χ1v) is 5.35. The van der Waals surface area contributed by atoms with E-state index in [0.717, 1.165) is 25.0 Å². The third kappa shape index (κ3) is 1.64. The average Bonchev–Trinajstić information content (AvgIpc) is 2.59. The molecule has 1 aromatic heterocycles. The average molecular weight is 208 g/mol. The lowest BCUT2D eigenvalue weighted by molar-refractivity contribution is -0.142. The molecule has 1 N–H and O–H groups in total. The molecule has 4 heteroatoms. The van der Waals surface area contributed by atoms with Crippen LogP contribution in [0.1, 0.15) is 36.9 Å². The van der Waals surface area contributed by atoms with Crippen LogP contribution in [0, 0.1) is 5.92 Å². The Balaban J connectivity index is 2.36. The molecular weight excluding hydrogens is 192 g/mol. The summed E-state index contributed by atoms with van der Waals surface area (Å²) in [5.74, 6) is -0.910. The quantitative estimate of drug-likeness (QED) is 0.802. The molecule has 0 spiro atoms. The minimum Gasteiger partial charge on any atom is -0.481 e. The van der Waals surface area contributed by atoms with Crippen LogP contribution in [0.15, 0.2) is 6.20 Å². The van der Waals surface area contributed by atoms with Gasteiger partial charge >= 0.3 is 5.97 Å². The summed E-state index contributed by atoms with van der Waals surface area (Å²) in [5.41, 5.74) is 2.35. The van der Waals surface area contributed by atoms with E-state index in [-0.39, 0.29) is 11.8 Å². The smallest absolute Gasteiger partial charge is 0.306 e. The number of fused-ring (bicyclic) bond motifs is 1. The molecule has 1 aliphatic rings. The van der Waals surface area contributed by atoms with Crippen molar-refractivity contribution in [3.05, 3.63) is 17.5 Å². The molecule has 2 rings (SSSR count). The largest absolute Gasteiger partial charge is 0.481 e. The number of carbonyl (C=O) groups is 1. The minimum atomic E-state index is -0.714. The van der Waals surface area contributed by atoms with Gasteiger partial charge < -0.3 is 5.11 Å². The molecular formula is C11H16N2O2. The minimum absolute atomic E-state index is 0.124. The molecule has 2 atom stereocenters. The van der Waals surface area contributed by atoms with Crippen LogP contribution in [-0.2, 0) is 18.3 Å². The van der Waals surface area contributed by atoms with Crippen LogP contribution < -0.4 is 0 Å². The number of nitrogens with zero attached hydrogens (tertiary/aromatic N) is 2. The highest BCUT2D eigenvalue weighted by Gasteiger charge is 2.31. The van der Waals surface area contributed by atoms with Crippen molar-refractivity contribution in [3.8, 4) is 0 Å². The van der Waals surface area contributed by atoms with Gasteiger partial charge in [-0.2, -0.15) is 5.10 Å². The Bertz CT molecular complexity index is 384. The number of carboxylic acids is 1. The summed E-state index contributed by atoms with van der Waals surface area (Å²) in [4.78, 5) is 11.0. The van der Waals surface area contributed by atoms with Gasteiger partial charge in [0.15, 0.2) is 0 Å². The third-order valence-electron chi connectivity index (χ3n) is 3.37. The van der Waals surface area contributed by atoms with Crippen molar-refractivity contribution >= 4 is 5.97 Å². The van der Waals surface area contributed by atoms with Gasteiger partial charge in [-0.3, -0.25) is 9.48 Å². The van der Waals surface area contributed by atoms with E-state index in [1.54, 1.807) is 6.92 Å². The molecule has 0 radical (unpaired) electrons. The van der Waals surface area contributed by atoms with E-state index in [4.69, 9.17) is 5.11 Å². The zero-order valence-corrected chi connectivity index (χ0v) is 9.10. The molecule has 82 valence electrons. The summed E-state index contributed by atoms with van der Waals surface area (Å²) in [7, 11) is 1.89. The predicted molar refractivity (Wildman–Crippen MR) is 55.7 cm³/mol. The highest BCUT2D eigenvalue weighted by molar-refractivity contribution is 5.71. The van der Waals surface area contributed by atoms with Gasteiger partial charge in [-0.25, -0.2) is 0 Å². The fourth-order valence-corrected chi connectivity index (χ4v) is 2.47. The molecule has 0 saturated heterocycles. The summed E-state index contributed by atoms with van der Waals surface area (Å²) >= 11 is 0. The first kappa shape index (κ1) is 10.2. The maximum absolute atomic E-state index is 11.0. The van der Waals surface area contributed by atoms with Crippen LogP contribution in [-0.4, -0.2) is 20.9 Å². The summed E-state index contributed by atoms with van der Waals surface area (Å²) in [6, 6.07) is 0. The van der Waals surface area contributed by atoms with Gasteiger partial charge in [-0.1, -0.05) is 6.92 Å². The van der Waals surface area contributed by atoms with Crippen LogP contribution >= 0.6 is 0 Å². The lowest BCUT2D eigenvalue weighted by Gasteiger charge is -2.26.